The third kappa shape index (κ3) is 1.46. The van der Waals surface area contributed by atoms with Crippen molar-refractivity contribution in [3.63, 3.8) is 0 Å². The van der Waals surface area contributed by atoms with Crippen LogP contribution in [0.2, 0.25) is 0 Å². The highest BCUT2D eigenvalue weighted by Crippen LogP contribution is 2.41. The normalized spacial score (nSPS) is 21.7. The van der Waals surface area contributed by atoms with Gasteiger partial charge in [-0.05, 0) is 62.4 Å². The highest BCUT2D eigenvalue weighted by molar-refractivity contribution is 6.23. The fraction of sp³-hybridized carbons (Fsp3) is 0.200. The number of hydrogen-bond acceptors (Lipinski definition) is 2. The molecular weight excluding hydrogens is 272 g/mol. The lowest BCUT2D eigenvalue weighted by Crippen LogP contribution is -2.25. The standard InChI is InChI=1S/C20H16O2/c21-17-9-8-14-15-7-6-12-3-1-2-11-4-5-13(19(15)18(11)12)10-16(14)20(17)22/h1-7,10,17,20-22H,8-9H2/t17-,20+/m0/s1. The number of rotatable bonds is 0. The van der Waals surface area contributed by atoms with E-state index in [1.165, 1.54) is 32.5 Å². The molecule has 2 N–H and O–H groups in total. The monoisotopic (exact) mass is 288 g/mol. The van der Waals surface area contributed by atoms with Crippen molar-refractivity contribution in [3.05, 3.63) is 59.7 Å². The van der Waals surface area contributed by atoms with E-state index in [-0.39, 0.29) is 0 Å². The Bertz CT molecular complexity index is 1000. The molecule has 2 atom stereocenters. The van der Waals surface area contributed by atoms with Gasteiger partial charge in [0, 0.05) is 0 Å². The summed E-state index contributed by atoms with van der Waals surface area (Å²) in [4.78, 5) is 0. The molecule has 0 heterocycles. The maximum absolute atomic E-state index is 10.4. The van der Waals surface area contributed by atoms with Gasteiger partial charge in [0.1, 0.15) is 6.10 Å². The minimum absolute atomic E-state index is 0.623. The van der Waals surface area contributed by atoms with Crippen LogP contribution in [0.5, 0.6) is 0 Å². The summed E-state index contributed by atoms with van der Waals surface area (Å²) in [6.45, 7) is 0. The predicted octanol–water partition coefficient (Wildman–Crippen LogP) is 3.92. The van der Waals surface area contributed by atoms with Gasteiger partial charge in [0.05, 0.1) is 6.10 Å². The number of hydrogen-bond donors (Lipinski definition) is 2. The van der Waals surface area contributed by atoms with E-state index < -0.39 is 12.2 Å². The fourth-order valence-electron chi connectivity index (χ4n) is 4.09. The molecular formula is C20H16O2. The Kier molecular flexibility index (Phi) is 2.36. The second-order valence-corrected chi connectivity index (χ2v) is 6.35. The first-order chi connectivity index (χ1) is 10.7. The van der Waals surface area contributed by atoms with Gasteiger partial charge < -0.3 is 10.2 Å². The summed E-state index contributed by atoms with van der Waals surface area (Å²) in [6, 6.07) is 17.1. The first-order valence-electron chi connectivity index (χ1n) is 7.79. The Hall–Kier alpha value is -2.16. The van der Waals surface area contributed by atoms with E-state index in [9.17, 15) is 10.2 Å². The SMILES string of the molecule is O[C@@H]1c2cc3ccc4cccc5ccc(c2CC[C@@H]1O)c3c45. The van der Waals surface area contributed by atoms with E-state index in [0.717, 1.165) is 17.4 Å². The van der Waals surface area contributed by atoms with Gasteiger partial charge >= 0.3 is 0 Å². The van der Waals surface area contributed by atoms with Gasteiger partial charge in [0.2, 0.25) is 0 Å². The Morgan fingerprint density at radius 2 is 1.55 bits per heavy atom. The summed E-state index contributed by atoms with van der Waals surface area (Å²) in [5.74, 6) is 0. The Balaban J connectivity index is 2.01. The van der Waals surface area contributed by atoms with Gasteiger partial charge in [0.15, 0.2) is 0 Å². The van der Waals surface area contributed by atoms with Gasteiger partial charge in [-0.15, -0.1) is 0 Å². The minimum Gasteiger partial charge on any atom is -0.390 e. The van der Waals surface area contributed by atoms with Crippen LogP contribution in [0, 0.1) is 0 Å². The lowest BCUT2D eigenvalue weighted by atomic mass is 9.81. The van der Waals surface area contributed by atoms with Crippen LogP contribution < -0.4 is 0 Å². The third-order valence-corrected chi connectivity index (χ3v) is 5.17. The summed E-state index contributed by atoms with van der Waals surface area (Å²) in [7, 11) is 0. The number of fused-ring (bicyclic) bond motifs is 2. The summed E-state index contributed by atoms with van der Waals surface area (Å²) in [5.41, 5.74) is 2.09. The zero-order valence-electron chi connectivity index (χ0n) is 12.1. The van der Waals surface area contributed by atoms with Crippen molar-refractivity contribution in [1.29, 1.82) is 0 Å². The molecule has 1 aliphatic rings. The number of benzene rings is 4. The zero-order chi connectivity index (χ0) is 14.8. The molecule has 0 unspecified atom stereocenters. The van der Waals surface area contributed by atoms with E-state index in [1.807, 2.05) is 0 Å². The van der Waals surface area contributed by atoms with Crippen LogP contribution in [0.3, 0.4) is 0 Å². The van der Waals surface area contributed by atoms with Crippen LogP contribution in [0.25, 0.3) is 32.3 Å². The molecule has 5 rings (SSSR count). The average molecular weight is 288 g/mol. The van der Waals surface area contributed by atoms with Crippen molar-refractivity contribution in [1.82, 2.24) is 0 Å². The first-order valence-corrected chi connectivity index (χ1v) is 7.79. The predicted molar refractivity (Wildman–Crippen MR) is 89.4 cm³/mol. The maximum Gasteiger partial charge on any atom is 0.105 e. The molecule has 0 radical (unpaired) electrons. The lowest BCUT2D eigenvalue weighted by molar-refractivity contribution is 0.00683. The summed E-state index contributed by atoms with van der Waals surface area (Å²) >= 11 is 0. The van der Waals surface area contributed by atoms with Crippen molar-refractivity contribution in [3.8, 4) is 0 Å². The molecule has 4 aromatic rings. The molecule has 0 bridgehead atoms. The minimum atomic E-state index is -0.773. The second kappa shape index (κ2) is 4.19. The quantitative estimate of drug-likeness (QED) is 0.481. The molecule has 1 aliphatic carbocycles. The molecule has 2 nitrogen and oxygen atoms in total. The molecule has 0 aromatic heterocycles. The fourth-order valence-corrected chi connectivity index (χ4v) is 4.09. The van der Waals surface area contributed by atoms with Crippen LogP contribution in [0.4, 0.5) is 0 Å². The number of aliphatic hydroxyl groups excluding tert-OH is 2. The third-order valence-electron chi connectivity index (χ3n) is 5.17. The van der Waals surface area contributed by atoms with Crippen molar-refractivity contribution in [2.75, 3.05) is 0 Å². The highest BCUT2D eigenvalue weighted by atomic mass is 16.3. The van der Waals surface area contributed by atoms with Crippen molar-refractivity contribution >= 4 is 32.3 Å². The van der Waals surface area contributed by atoms with Gasteiger partial charge in [-0.25, -0.2) is 0 Å². The lowest BCUT2D eigenvalue weighted by Gasteiger charge is -2.28. The van der Waals surface area contributed by atoms with E-state index in [0.29, 0.717) is 6.42 Å². The van der Waals surface area contributed by atoms with E-state index >= 15 is 0 Å². The van der Waals surface area contributed by atoms with Crippen molar-refractivity contribution in [2.45, 2.75) is 25.0 Å². The molecule has 0 amide bonds. The van der Waals surface area contributed by atoms with Crippen LogP contribution in [-0.4, -0.2) is 16.3 Å². The molecule has 0 saturated carbocycles. The van der Waals surface area contributed by atoms with E-state index in [2.05, 4.69) is 48.5 Å². The van der Waals surface area contributed by atoms with Crippen LogP contribution in [0.1, 0.15) is 23.7 Å². The molecule has 2 heteroatoms. The Labute approximate surface area is 127 Å². The smallest absolute Gasteiger partial charge is 0.105 e. The maximum atomic E-state index is 10.4. The van der Waals surface area contributed by atoms with Crippen LogP contribution in [-0.2, 0) is 6.42 Å². The van der Waals surface area contributed by atoms with E-state index in [4.69, 9.17) is 0 Å². The molecule has 0 saturated heterocycles. The molecule has 4 aromatic carbocycles. The second-order valence-electron chi connectivity index (χ2n) is 6.35. The van der Waals surface area contributed by atoms with Crippen molar-refractivity contribution in [2.24, 2.45) is 0 Å². The topological polar surface area (TPSA) is 40.5 Å². The van der Waals surface area contributed by atoms with Crippen LogP contribution >= 0.6 is 0 Å². The number of aliphatic hydroxyl groups is 2. The van der Waals surface area contributed by atoms with Crippen molar-refractivity contribution < 1.29 is 10.2 Å². The van der Waals surface area contributed by atoms with Gasteiger partial charge in [0.25, 0.3) is 0 Å². The van der Waals surface area contributed by atoms with Crippen LogP contribution in [0.15, 0.2) is 48.5 Å². The molecule has 108 valence electrons. The summed E-state index contributed by atoms with van der Waals surface area (Å²) in [5, 5.41) is 27.8. The number of aryl methyl sites for hydroxylation is 1. The molecule has 0 spiro atoms. The summed E-state index contributed by atoms with van der Waals surface area (Å²) < 4.78 is 0. The summed E-state index contributed by atoms with van der Waals surface area (Å²) in [6.07, 6.45) is 0.0197. The molecule has 22 heavy (non-hydrogen) atoms. The Morgan fingerprint density at radius 3 is 2.36 bits per heavy atom. The van der Waals surface area contributed by atoms with Gasteiger partial charge in [-0.2, -0.15) is 0 Å². The largest absolute Gasteiger partial charge is 0.390 e. The van der Waals surface area contributed by atoms with E-state index in [1.54, 1.807) is 0 Å². The van der Waals surface area contributed by atoms with Gasteiger partial charge in [-0.1, -0.05) is 42.5 Å². The zero-order valence-corrected chi connectivity index (χ0v) is 12.1. The average Bonchev–Trinajstić information content (AvgIpc) is 2.56. The first kappa shape index (κ1) is 12.4. The Morgan fingerprint density at radius 1 is 0.818 bits per heavy atom. The molecule has 0 fully saturated rings. The molecule has 0 aliphatic heterocycles. The highest BCUT2D eigenvalue weighted by Gasteiger charge is 2.28. The van der Waals surface area contributed by atoms with Gasteiger partial charge in [-0.3, -0.25) is 0 Å².